The molecule has 2 aromatic rings. The number of nitrogens with zero attached hydrogens (tertiary/aromatic N) is 1. The molecule has 0 bridgehead atoms. The van der Waals surface area contributed by atoms with Crippen LogP contribution in [-0.2, 0) is 11.2 Å². The molecule has 134 valence electrons. The van der Waals surface area contributed by atoms with E-state index in [1.165, 1.54) is 10.5 Å². The van der Waals surface area contributed by atoms with Gasteiger partial charge in [-0.1, -0.05) is 46.3 Å². The van der Waals surface area contributed by atoms with Gasteiger partial charge in [-0.2, -0.15) is 0 Å². The number of ether oxygens (including phenoxy) is 1. The van der Waals surface area contributed by atoms with Gasteiger partial charge < -0.3 is 4.74 Å². The van der Waals surface area contributed by atoms with Crippen LogP contribution >= 0.6 is 27.7 Å². The van der Waals surface area contributed by atoms with Gasteiger partial charge in [-0.15, -0.1) is 0 Å². The molecule has 1 aliphatic rings. The van der Waals surface area contributed by atoms with E-state index in [0.717, 1.165) is 34.6 Å². The lowest BCUT2D eigenvalue weighted by molar-refractivity contribution is -0.122. The number of hydrogen-bond donors (Lipinski definition) is 0. The molecule has 0 atom stereocenters. The Labute approximate surface area is 165 Å². The van der Waals surface area contributed by atoms with Crippen LogP contribution in [-0.4, -0.2) is 29.7 Å². The minimum absolute atomic E-state index is 0.219. The fourth-order valence-electron chi connectivity index (χ4n) is 2.74. The number of aryl methyl sites for hydroxylation is 1. The zero-order valence-electron chi connectivity index (χ0n) is 14.3. The molecule has 26 heavy (non-hydrogen) atoms. The molecule has 0 unspecified atom stereocenters. The molecule has 1 fully saturated rings. The van der Waals surface area contributed by atoms with E-state index in [2.05, 4.69) is 15.9 Å². The van der Waals surface area contributed by atoms with E-state index >= 15 is 0 Å². The number of carbonyl (C=O) groups excluding carboxylic acids is 2. The van der Waals surface area contributed by atoms with E-state index in [1.54, 1.807) is 13.2 Å². The van der Waals surface area contributed by atoms with Crippen molar-refractivity contribution in [2.75, 3.05) is 13.7 Å². The number of methoxy groups -OCH3 is 1. The van der Waals surface area contributed by atoms with Crippen LogP contribution < -0.4 is 4.74 Å². The van der Waals surface area contributed by atoms with Gasteiger partial charge in [0.05, 0.1) is 12.0 Å². The highest BCUT2D eigenvalue weighted by molar-refractivity contribution is 9.10. The second kappa shape index (κ2) is 8.56. The maximum atomic E-state index is 12.6. The summed E-state index contributed by atoms with van der Waals surface area (Å²) in [7, 11) is 1.58. The number of halogens is 1. The van der Waals surface area contributed by atoms with E-state index in [1.807, 2.05) is 48.5 Å². The van der Waals surface area contributed by atoms with E-state index in [4.69, 9.17) is 4.74 Å². The molecular formula is C20H18BrNO3S. The van der Waals surface area contributed by atoms with Crippen molar-refractivity contribution in [1.29, 1.82) is 0 Å². The lowest BCUT2D eigenvalue weighted by Crippen LogP contribution is -2.29. The third-order valence-electron chi connectivity index (χ3n) is 4.04. The Kier molecular flexibility index (Phi) is 6.16. The first-order chi connectivity index (χ1) is 12.6. The number of rotatable bonds is 6. The normalized spacial score (nSPS) is 15.8. The molecule has 1 aliphatic heterocycles. The largest absolute Gasteiger partial charge is 0.496 e. The van der Waals surface area contributed by atoms with Crippen LogP contribution in [0.4, 0.5) is 4.79 Å². The van der Waals surface area contributed by atoms with Crippen LogP contribution in [0.15, 0.2) is 57.9 Å². The number of thioether (sulfide) groups is 1. The van der Waals surface area contributed by atoms with Crippen LogP contribution in [0.2, 0.25) is 0 Å². The Balaban J connectivity index is 1.69. The highest BCUT2D eigenvalue weighted by Crippen LogP contribution is 2.34. The number of benzene rings is 2. The minimum atomic E-state index is -0.241. The summed E-state index contributed by atoms with van der Waals surface area (Å²) >= 11 is 4.39. The molecule has 1 saturated heterocycles. The molecule has 6 heteroatoms. The van der Waals surface area contributed by atoms with Crippen molar-refractivity contribution in [1.82, 2.24) is 4.90 Å². The quantitative estimate of drug-likeness (QED) is 0.594. The zero-order valence-corrected chi connectivity index (χ0v) is 16.7. The van der Waals surface area contributed by atoms with Crippen LogP contribution in [0.3, 0.4) is 0 Å². The maximum Gasteiger partial charge on any atom is 0.293 e. The summed E-state index contributed by atoms with van der Waals surface area (Å²) in [6, 6.07) is 15.6. The van der Waals surface area contributed by atoms with Crippen molar-refractivity contribution in [2.24, 2.45) is 0 Å². The van der Waals surface area contributed by atoms with Gasteiger partial charge >= 0.3 is 0 Å². The summed E-state index contributed by atoms with van der Waals surface area (Å²) < 4.78 is 6.21. The van der Waals surface area contributed by atoms with Gasteiger partial charge in [0, 0.05) is 16.6 Å². The van der Waals surface area contributed by atoms with Crippen molar-refractivity contribution in [3.63, 3.8) is 0 Å². The molecule has 2 aromatic carbocycles. The lowest BCUT2D eigenvalue weighted by Gasteiger charge is -2.12. The van der Waals surface area contributed by atoms with Crippen LogP contribution in [0, 0.1) is 0 Å². The lowest BCUT2D eigenvalue weighted by atomic mass is 10.1. The summed E-state index contributed by atoms with van der Waals surface area (Å²) in [6.45, 7) is 0.423. The molecule has 0 spiro atoms. The summed E-state index contributed by atoms with van der Waals surface area (Å²) in [6.07, 6.45) is 3.29. The second-order valence-electron chi connectivity index (χ2n) is 5.81. The fraction of sp³-hybridized carbons (Fsp3) is 0.200. The summed E-state index contributed by atoms with van der Waals surface area (Å²) in [4.78, 5) is 26.6. The van der Waals surface area contributed by atoms with Crippen LogP contribution in [0.1, 0.15) is 17.5 Å². The van der Waals surface area contributed by atoms with Gasteiger partial charge in [0.15, 0.2) is 0 Å². The van der Waals surface area contributed by atoms with E-state index in [9.17, 15) is 9.59 Å². The highest BCUT2D eigenvalue weighted by atomic mass is 79.9. The third-order valence-corrected chi connectivity index (χ3v) is 5.44. The average molecular weight is 432 g/mol. The van der Waals surface area contributed by atoms with E-state index in [0.29, 0.717) is 17.2 Å². The van der Waals surface area contributed by atoms with Crippen LogP contribution in [0.5, 0.6) is 5.75 Å². The number of carbonyl (C=O) groups is 2. The first-order valence-electron chi connectivity index (χ1n) is 8.21. The van der Waals surface area contributed by atoms with Gasteiger partial charge in [-0.25, -0.2) is 0 Å². The Hall–Kier alpha value is -2.05. The van der Waals surface area contributed by atoms with Crippen molar-refractivity contribution in [2.45, 2.75) is 12.8 Å². The molecule has 0 N–H and O–H groups in total. The van der Waals surface area contributed by atoms with Gasteiger partial charge in [0.1, 0.15) is 5.75 Å². The summed E-state index contributed by atoms with van der Waals surface area (Å²) in [5.74, 6) is 0.416. The van der Waals surface area contributed by atoms with E-state index in [-0.39, 0.29) is 11.1 Å². The maximum absolute atomic E-state index is 12.6. The van der Waals surface area contributed by atoms with Crippen molar-refractivity contribution in [3.05, 3.63) is 69.0 Å². The monoisotopic (exact) mass is 431 g/mol. The van der Waals surface area contributed by atoms with Crippen molar-refractivity contribution in [3.8, 4) is 5.75 Å². The SMILES string of the molecule is COc1ccc(Br)cc1/C=C1/SC(=O)N(CCCc2ccccc2)C1=O. The molecule has 0 aliphatic carbocycles. The molecule has 0 radical (unpaired) electrons. The first-order valence-corrected chi connectivity index (χ1v) is 9.82. The van der Waals surface area contributed by atoms with Gasteiger partial charge in [-0.05, 0) is 54.4 Å². The first kappa shape index (κ1) is 18.7. The highest BCUT2D eigenvalue weighted by Gasteiger charge is 2.34. The zero-order chi connectivity index (χ0) is 18.5. The van der Waals surface area contributed by atoms with E-state index < -0.39 is 0 Å². The minimum Gasteiger partial charge on any atom is -0.496 e. The Morgan fingerprint density at radius 1 is 1.15 bits per heavy atom. The molecule has 0 saturated carbocycles. The summed E-state index contributed by atoms with van der Waals surface area (Å²) in [5, 5.41) is -0.219. The third kappa shape index (κ3) is 4.37. The Bertz CT molecular complexity index is 851. The Morgan fingerprint density at radius 3 is 2.65 bits per heavy atom. The number of amides is 2. The number of imide groups is 1. The molecule has 1 heterocycles. The smallest absolute Gasteiger partial charge is 0.293 e. The van der Waals surface area contributed by atoms with Gasteiger partial charge in [-0.3, -0.25) is 14.5 Å². The Morgan fingerprint density at radius 2 is 1.92 bits per heavy atom. The standard InChI is InChI=1S/C20H18BrNO3S/c1-25-17-10-9-16(21)12-15(17)13-18-19(23)22(20(24)26-18)11-5-8-14-6-3-2-4-7-14/h2-4,6-7,9-10,12-13H,5,8,11H2,1H3/b18-13+. The van der Waals surface area contributed by atoms with Crippen LogP contribution in [0.25, 0.3) is 6.08 Å². The molecule has 2 amide bonds. The topological polar surface area (TPSA) is 46.6 Å². The molecule has 3 rings (SSSR count). The summed E-state index contributed by atoms with van der Waals surface area (Å²) in [5.41, 5.74) is 1.96. The van der Waals surface area contributed by atoms with Gasteiger partial charge in [0.2, 0.25) is 0 Å². The predicted octanol–water partition coefficient (Wildman–Crippen LogP) is 5.13. The van der Waals surface area contributed by atoms with Gasteiger partial charge in [0.25, 0.3) is 11.1 Å². The molecular weight excluding hydrogens is 414 g/mol. The van der Waals surface area contributed by atoms with Crippen molar-refractivity contribution < 1.29 is 14.3 Å². The second-order valence-corrected chi connectivity index (χ2v) is 7.72. The fourth-order valence-corrected chi connectivity index (χ4v) is 3.97. The number of hydrogen-bond acceptors (Lipinski definition) is 4. The average Bonchev–Trinajstić information content (AvgIpc) is 2.90. The molecule has 0 aromatic heterocycles. The van der Waals surface area contributed by atoms with Crippen molar-refractivity contribution >= 4 is 44.9 Å². The molecule has 4 nitrogen and oxygen atoms in total. The predicted molar refractivity (Wildman–Crippen MR) is 108 cm³/mol.